The summed E-state index contributed by atoms with van der Waals surface area (Å²) in [4.78, 5) is 12.6. The van der Waals surface area contributed by atoms with Crippen molar-refractivity contribution in [1.29, 1.82) is 0 Å². The van der Waals surface area contributed by atoms with Crippen LogP contribution in [0.25, 0.3) is 0 Å². The molecule has 0 spiro atoms. The van der Waals surface area contributed by atoms with E-state index in [9.17, 15) is 4.79 Å². The molecule has 2 aromatic heterocycles. The number of hydrogen-bond acceptors (Lipinski definition) is 4. The Morgan fingerprint density at radius 2 is 1.66 bits per heavy atom. The molecule has 0 unspecified atom stereocenters. The van der Waals surface area contributed by atoms with Crippen molar-refractivity contribution >= 4 is 58.1 Å². The number of benzene rings is 2. The van der Waals surface area contributed by atoms with Crippen molar-refractivity contribution in [3.8, 4) is 5.75 Å². The predicted molar refractivity (Wildman–Crippen MR) is 125 cm³/mol. The van der Waals surface area contributed by atoms with Gasteiger partial charge in [0.1, 0.15) is 10.8 Å². The molecular weight excluding hydrogens is 496 g/mol. The van der Waals surface area contributed by atoms with Gasteiger partial charge in [0.05, 0.1) is 11.6 Å². The second-order valence-corrected chi connectivity index (χ2v) is 8.38. The number of nitrogens with zero attached hydrogens (tertiary/aromatic N) is 4. The van der Waals surface area contributed by atoms with E-state index in [-0.39, 0.29) is 18.2 Å². The number of anilines is 1. The van der Waals surface area contributed by atoms with E-state index in [1.165, 1.54) is 4.68 Å². The summed E-state index contributed by atoms with van der Waals surface area (Å²) in [5.41, 5.74) is 1.17. The number of nitrogens with one attached hydrogen (secondary N) is 1. The van der Waals surface area contributed by atoms with Gasteiger partial charge in [0.15, 0.2) is 18.2 Å². The first-order chi connectivity index (χ1) is 15.4. The molecule has 11 heteroatoms. The Morgan fingerprint density at radius 1 is 0.906 bits per heavy atom. The zero-order chi connectivity index (χ0) is 22.7. The van der Waals surface area contributed by atoms with Crippen molar-refractivity contribution in [2.45, 2.75) is 13.3 Å². The average molecular weight is 511 g/mol. The summed E-state index contributed by atoms with van der Waals surface area (Å²) in [6.45, 7) is 0.539. The van der Waals surface area contributed by atoms with Gasteiger partial charge in [0.2, 0.25) is 0 Å². The molecule has 1 amide bonds. The maximum absolute atomic E-state index is 12.6. The molecule has 164 valence electrons. The van der Waals surface area contributed by atoms with Gasteiger partial charge in [0.25, 0.3) is 5.91 Å². The Labute approximate surface area is 203 Å². The van der Waals surface area contributed by atoms with E-state index in [0.717, 1.165) is 5.56 Å². The van der Waals surface area contributed by atoms with Gasteiger partial charge in [-0.3, -0.25) is 9.48 Å². The van der Waals surface area contributed by atoms with Gasteiger partial charge < -0.3 is 10.1 Å². The lowest BCUT2D eigenvalue weighted by molar-refractivity contribution is 0.101. The van der Waals surface area contributed by atoms with Gasteiger partial charge in [-0.2, -0.15) is 10.2 Å². The molecule has 0 radical (unpaired) electrons. The Morgan fingerprint density at radius 3 is 2.41 bits per heavy atom. The number of aromatic nitrogens is 4. The fourth-order valence-electron chi connectivity index (χ4n) is 2.79. The standard InChI is InChI=1S/C21H15Cl4N5O2/c22-14-3-1-13(2-4-14)10-30-11-17(25)20(28-30)26-21(31)18-7-8-29(27-18)12-32-19-6-5-15(23)9-16(19)24/h1-9,11H,10,12H2,(H,26,28,31). The maximum Gasteiger partial charge on any atom is 0.277 e. The molecule has 0 saturated heterocycles. The summed E-state index contributed by atoms with van der Waals surface area (Å²) < 4.78 is 8.70. The van der Waals surface area contributed by atoms with Gasteiger partial charge in [0, 0.05) is 22.4 Å². The van der Waals surface area contributed by atoms with Crippen LogP contribution in [0.4, 0.5) is 5.82 Å². The number of hydrogen-bond donors (Lipinski definition) is 1. The smallest absolute Gasteiger partial charge is 0.277 e. The predicted octanol–water partition coefficient (Wildman–Crippen LogP) is 6.03. The minimum Gasteiger partial charge on any atom is -0.470 e. The van der Waals surface area contributed by atoms with Crippen LogP contribution in [0.3, 0.4) is 0 Å². The molecule has 0 fully saturated rings. The Kier molecular flexibility index (Phi) is 6.91. The van der Waals surface area contributed by atoms with Crippen LogP contribution < -0.4 is 10.1 Å². The highest BCUT2D eigenvalue weighted by atomic mass is 35.5. The monoisotopic (exact) mass is 509 g/mol. The lowest BCUT2D eigenvalue weighted by Crippen LogP contribution is -2.15. The van der Waals surface area contributed by atoms with Gasteiger partial charge in [-0.25, -0.2) is 4.68 Å². The third-order valence-corrected chi connectivity index (χ3v) is 5.39. The van der Waals surface area contributed by atoms with Crippen LogP contribution >= 0.6 is 46.4 Å². The van der Waals surface area contributed by atoms with Crippen LogP contribution in [-0.4, -0.2) is 25.5 Å². The highest BCUT2D eigenvalue weighted by Gasteiger charge is 2.15. The van der Waals surface area contributed by atoms with Crippen LogP contribution in [-0.2, 0) is 13.3 Å². The van der Waals surface area contributed by atoms with Crippen molar-refractivity contribution in [1.82, 2.24) is 19.6 Å². The fourth-order valence-corrected chi connectivity index (χ4v) is 3.58. The molecule has 2 heterocycles. The van der Waals surface area contributed by atoms with Crippen LogP contribution in [0, 0.1) is 0 Å². The Balaban J connectivity index is 1.37. The molecule has 0 aliphatic carbocycles. The third-order valence-electron chi connectivity index (χ3n) is 4.33. The highest BCUT2D eigenvalue weighted by Crippen LogP contribution is 2.27. The number of rotatable bonds is 7. The number of carbonyl (C=O) groups excluding carboxylic acids is 1. The van der Waals surface area contributed by atoms with Gasteiger partial charge in [-0.05, 0) is 42.0 Å². The van der Waals surface area contributed by atoms with E-state index in [0.29, 0.717) is 32.4 Å². The summed E-state index contributed by atoms with van der Waals surface area (Å²) in [5.74, 6) is 0.242. The molecule has 32 heavy (non-hydrogen) atoms. The molecular formula is C21H15Cl4N5O2. The molecule has 0 aliphatic rings. The average Bonchev–Trinajstić information content (AvgIpc) is 3.36. The van der Waals surface area contributed by atoms with Crippen LogP contribution in [0.1, 0.15) is 16.1 Å². The van der Waals surface area contributed by atoms with Crippen molar-refractivity contribution in [2.24, 2.45) is 0 Å². The Bertz CT molecular complexity index is 1250. The summed E-state index contributed by atoms with van der Waals surface area (Å²) in [6.07, 6.45) is 3.24. The SMILES string of the molecule is O=C(Nc1nn(Cc2ccc(Cl)cc2)cc1Cl)c1ccn(COc2ccc(Cl)cc2Cl)n1. The van der Waals surface area contributed by atoms with Crippen molar-refractivity contribution in [3.63, 3.8) is 0 Å². The minimum absolute atomic E-state index is 0.0606. The lowest BCUT2D eigenvalue weighted by Gasteiger charge is -2.08. The normalized spacial score (nSPS) is 10.9. The highest BCUT2D eigenvalue weighted by molar-refractivity contribution is 6.35. The molecule has 0 atom stereocenters. The summed E-state index contributed by atoms with van der Waals surface area (Å²) in [5, 5.41) is 13.1. The first kappa shape index (κ1) is 22.5. The summed E-state index contributed by atoms with van der Waals surface area (Å²) >= 11 is 24.1. The minimum atomic E-state index is -0.452. The van der Waals surface area contributed by atoms with E-state index >= 15 is 0 Å². The molecule has 4 rings (SSSR count). The number of ether oxygens (including phenoxy) is 1. The van der Waals surface area contributed by atoms with Crippen molar-refractivity contribution < 1.29 is 9.53 Å². The molecule has 0 aliphatic heterocycles. The van der Waals surface area contributed by atoms with Gasteiger partial charge in [-0.15, -0.1) is 0 Å². The second kappa shape index (κ2) is 9.83. The van der Waals surface area contributed by atoms with E-state index in [1.54, 1.807) is 53.5 Å². The van der Waals surface area contributed by atoms with E-state index in [2.05, 4.69) is 15.5 Å². The van der Waals surface area contributed by atoms with Crippen LogP contribution in [0.2, 0.25) is 20.1 Å². The summed E-state index contributed by atoms with van der Waals surface area (Å²) in [7, 11) is 0. The molecule has 0 bridgehead atoms. The number of carbonyl (C=O) groups is 1. The molecule has 7 nitrogen and oxygen atoms in total. The lowest BCUT2D eigenvalue weighted by atomic mass is 10.2. The van der Waals surface area contributed by atoms with Crippen molar-refractivity contribution in [3.05, 3.63) is 92.3 Å². The van der Waals surface area contributed by atoms with Crippen LogP contribution in [0.5, 0.6) is 5.75 Å². The molecule has 1 N–H and O–H groups in total. The van der Waals surface area contributed by atoms with Gasteiger partial charge >= 0.3 is 0 Å². The van der Waals surface area contributed by atoms with Gasteiger partial charge in [-0.1, -0.05) is 58.5 Å². The third kappa shape index (κ3) is 5.55. The quantitative estimate of drug-likeness (QED) is 0.329. The number of halogens is 4. The zero-order valence-corrected chi connectivity index (χ0v) is 19.3. The van der Waals surface area contributed by atoms with E-state index in [1.807, 2.05) is 12.1 Å². The Hall–Kier alpha value is -2.71. The van der Waals surface area contributed by atoms with Crippen molar-refractivity contribution in [2.75, 3.05) is 5.32 Å². The van der Waals surface area contributed by atoms with E-state index in [4.69, 9.17) is 51.1 Å². The largest absolute Gasteiger partial charge is 0.470 e. The topological polar surface area (TPSA) is 74.0 Å². The van der Waals surface area contributed by atoms with E-state index < -0.39 is 5.91 Å². The first-order valence-electron chi connectivity index (χ1n) is 9.27. The molecule has 0 saturated carbocycles. The molecule has 2 aromatic carbocycles. The first-order valence-corrected chi connectivity index (χ1v) is 10.8. The maximum atomic E-state index is 12.6. The second-order valence-electron chi connectivity index (χ2n) is 6.69. The number of amides is 1. The summed E-state index contributed by atoms with van der Waals surface area (Å²) in [6, 6.07) is 13.8. The van der Waals surface area contributed by atoms with Crippen LogP contribution in [0.15, 0.2) is 60.9 Å². The molecule has 4 aromatic rings. The fraction of sp³-hybridized carbons (Fsp3) is 0.0952. The zero-order valence-electron chi connectivity index (χ0n) is 16.3.